The number of carbonyl (C=O) groups is 4. The van der Waals surface area contributed by atoms with E-state index in [-0.39, 0.29) is 40.5 Å². The number of hydrogen-bond acceptors (Lipinski definition) is 19. The minimum atomic E-state index is -0.660. The van der Waals surface area contributed by atoms with Gasteiger partial charge in [-0.05, 0) is 278 Å². The number of hydrogen-bond donors (Lipinski definition) is 1. The molecule has 601 valence electrons. The van der Waals surface area contributed by atoms with Gasteiger partial charge in [-0.2, -0.15) is 0 Å². The molecule has 11 aromatic rings. The summed E-state index contributed by atoms with van der Waals surface area (Å²) in [6.45, 7) is 46.4. The van der Waals surface area contributed by atoms with Gasteiger partial charge in [0.05, 0.1) is 67.1 Å². The monoisotopic (exact) mass is 1680 g/mol. The Bertz CT molecular complexity index is 5090. The maximum absolute atomic E-state index is 12.6. The predicted octanol–water partition coefficient (Wildman–Crippen LogP) is 19.9. The van der Waals surface area contributed by atoms with Crippen LogP contribution in [0.3, 0.4) is 0 Å². The third kappa shape index (κ3) is 21.8. The van der Waals surface area contributed by atoms with Crippen LogP contribution in [0.1, 0.15) is 166 Å². The molecule has 3 aliphatic heterocycles. The highest BCUT2D eigenvalue weighted by molar-refractivity contribution is 9.10. The highest BCUT2D eigenvalue weighted by atomic mass is 79.9. The van der Waals surface area contributed by atoms with Gasteiger partial charge in [0.15, 0.2) is 5.88 Å². The molecule has 23 nitrogen and oxygen atoms in total. The van der Waals surface area contributed by atoms with E-state index >= 15 is 0 Å². The predicted molar refractivity (Wildman–Crippen MR) is 457 cm³/mol. The van der Waals surface area contributed by atoms with Crippen molar-refractivity contribution in [3.8, 4) is 28.4 Å². The third-order valence-corrected chi connectivity index (χ3v) is 20.5. The molecule has 0 saturated carbocycles. The number of carbonyl (C=O) groups excluding carboxylic acids is 4. The van der Waals surface area contributed by atoms with Crippen molar-refractivity contribution in [3.63, 3.8) is 0 Å². The fourth-order valence-electron chi connectivity index (χ4n) is 11.8. The molecule has 0 unspecified atom stereocenters. The molecular formula is C85H104B4Br2N7O16. The van der Waals surface area contributed by atoms with Crippen molar-refractivity contribution in [2.24, 2.45) is 0 Å². The third-order valence-electron chi connectivity index (χ3n) is 19.3. The van der Waals surface area contributed by atoms with E-state index in [1.165, 1.54) is 18.3 Å². The highest BCUT2D eigenvalue weighted by Gasteiger charge is 2.64. The summed E-state index contributed by atoms with van der Waals surface area (Å²) in [5.74, 6) is 0.162. The fraction of sp³-hybridized carbons (Fsp3) is 0.400. The first-order chi connectivity index (χ1) is 52.9. The van der Waals surface area contributed by atoms with Gasteiger partial charge in [0.25, 0.3) is 0 Å². The number of halogens is 2. The Morgan fingerprint density at radius 2 is 0.746 bits per heavy atom. The molecule has 29 heteroatoms. The number of fused-ring (bicyclic) bond motifs is 4. The SMILES string of the molecule is Brc1ccccn1.CC(C)(C)OC(=O)n1c(O[B]O)cc2c(-c3ccccn3)cccc21.CC(C)(C)OC(=O)n1ccc2c(-c3ccccn3)cccc21.CC(C)(C)OC(=O)n1ccc2c(B3OC(C)(C)C(C)(C)O3)cccc21.CC(C)(C)OC(=O)n1ccc2c(Br)cccc21.CC1(C)OB(B2OC(C)(C)C(C)(C)O2)OC1(C)C. The molecule has 3 saturated heterocycles. The van der Waals surface area contributed by atoms with E-state index < -0.39 is 66.9 Å². The Kier molecular flexibility index (Phi) is 27.3. The van der Waals surface area contributed by atoms with E-state index in [9.17, 15) is 19.2 Å². The average Bonchev–Trinajstić information content (AvgIpc) is 1.59. The van der Waals surface area contributed by atoms with Crippen molar-refractivity contribution in [3.05, 3.63) is 198 Å². The second-order valence-corrected chi connectivity index (χ2v) is 36.0. The molecule has 1 N–H and O–H groups in total. The molecule has 0 bridgehead atoms. The van der Waals surface area contributed by atoms with Crippen LogP contribution in [0.15, 0.2) is 198 Å². The van der Waals surface area contributed by atoms with Crippen LogP contribution < -0.4 is 10.1 Å². The zero-order valence-corrected chi connectivity index (χ0v) is 72.8. The summed E-state index contributed by atoms with van der Waals surface area (Å²) in [6, 6.07) is 47.4. The maximum Gasteiger partial charge on any atom is 0.570 e. The summed E-state index contributed by atoms with van der Waals surface area (Å²) in [6.07, 6.45) is 8.70. The van der Waals surface area contributed by atoms with Crippen molar-refractivity contribution in [2.45, 2.75) is 222 Å². The molecule has 114 heavy (non-hydrogen) atoms. The lowest BCUT2D eigenvalue weighted by Crippen LogP contribution is -2.41. The number of rotatable bonds is 6. The van der Waals surface area contributed by atoms with Crippen molar-refractivity contribution in [1.82, 2.24) is 33.2 Å². The van der Waals surface area contributed by atoms with Crippen molar-refractivity contribution < 1.29 is 75.7 Å². The van der Waals surface area contributed by atoms with Gasteiger partial charge in [0.2, 0.25) is 0 Å². The van der Waals surface area contributed by atoms with Crippen molar-refractivity contribution in [1.29, 1.82) is 0 Å². The molecule has 0 spiro atoms. The smallest absolute Gasteiger partial charge is 0.524 e. The Morgan fingerprint density at radius 1 is 0.395 bits per heavy atom. The van der Waals surface area contributed by atoms with Crippen LogP contribution in [-0.2, 0) is 46.9 Å². The molecule has 10 heterocycles. The molecule has 0 amide bonds. The largest absolute Gasteiger partial charge is 0.570 e. The summed E-state index contributed by atoms with van der Waals surface area (Å²) in [5.41, 5.74) is 2.99. The number of pyridine rings is 3. The zero-order chi connectivity index (χ0) is 84.1. The zero-order valence-electron chi connectivity index (χ0n) is 69.7. The lowest BCUT2D eigenvalue weighted by molar-refractivity contribution is 0.00578. The van der Waals surface area contributed by atoms with Crippen molar-refractivity contribution in [2.75, 3.05) is 0 Å². The standard InChI is InChI=1S/C19H26BNO4.C18H18BN2O4.C18H18N2O2.C13H14BrNO2.C12H24B2O4.C5H4BrN/c1-17(2,3)23-16(22)21-12-11-13-14(9-8-10-15(13)21)20-24-18(4,5)19(6,7)25-20;1-18(2,3)24-17(22)21-15-9-6-7-12(14-8-4-5-10-20-14)13(15)11-16(21)25-19-23;1-18(2,3)22-17(21)20-12-10-14-13(7-6-9-16(14)20)15-8-4-5-11-19-15;1-13(2,3)17-12(16)15-8-7-9-10(14)5-4-6-11(9)15;1-9(2)10(3,4)16-13(15-9)14-17-11(5,6)12(7,8)18-14;6-5-3-1-2-4-7-5/h8-12H,1-7H3;4-11,23H,1-3H3;4-12H,1-3H3;4-8H,1-3H3;1-8H3;1-4H. The first-order valence-corrected chi connectivity index (χ1v) is 39.1. The summed E-state index contributed by atoms with van der Waals surface area (Å²) < 4.78 is 70.7. The van der Waals surface area contributed by atoms with E-state index in [1.54, 1.807) is 70.1 Å². The Balaban J connectivity index is 0.000000161. The molecule has 7 aromatic heterocycles. The number of benzene rings is 4. The minimum Gasteiger partial charge on any atom is -0.524 e. The van der Waals surface area contributed by atoms with E-state index in [0.29, 0.717) is 13.2 Å². The second kappa shape index (κ2) is 34.9. The summed E-state index contributed by atoms with van der Waals surface area (Å²) in [7, 11) is -0.884. The van der Waals surface area contributed by atoms with Crippen LogP contribution in [0.25, 0.3) is 66.1 Å². The topological polar surface area (TPSA) is 248 Å². The van der Waals surface area contributed by atoms with Gasteiger partial charge in [-0.25, -0.2) is 28.7 Å². The fourth-order valence-corrected chi connectivity index (χ4v) is 12.5. The van der Waals surface area contributed by atoms with Crippen LogP contribution in [0.2, 0.25) is 0 Å². The minimum absolute atomic E-state index is 0.162. The van der Waals surface area contributed by atoms with Gasteiger partial charge in [0, 0.05) is 75.0 Å². The Hall–Kier alpha value is -8.89. The number of aromatic nitrogens is 7. The van der Waals surface area contributed by atoms with Crippen LogP contribution in [0.5, 0.6) is 5.88 Å². The summed E-state index contributed by atoms with van der Waals surface area (Å²) >= 11 is 6.66. The van der Waals surface area contributed by atoms with Crippen molar-refractivity contribution >= 4 is 134 Å². The highest BCUT2D eigenvalue weighted by Crippen LogP contribution is 2.44. The lowest BCUT2D eigenvalue weighted by atomic mass is 9.49. The number of nitrogens with zero attached hydrogens (tertiary/aromatic N) is 7. The maximum atomic E-state index is 12.6. The molecule has 4 aromatic carbocycles. The molecule has 1 radical (unpaired) electrons. The molecule has 3 fully saturated rings. The first kappa shape index (κ1) is 89.0. The summed E-state index contributed by atoms with van der Waals surface area (Å²) in [4.78, 5) is 62.0. The van der Waals surface area contributed by atoms with Gasteiger partial charge in [0.1, 0.15) is 27.0 Å². The van der Waals surface area contributed by atoms with Gasteiger partial charge in [-0.3, -0.25) is 23.7 Å². The van der Waals surface area contributed by atoms with Gasteiger partial charge in [-0.15, -0.1) is 0 Å². The van der Waals surface area contributed by atoms with E-state index in [4.69, 9.17) is 56.6 Å². The Morgan fingerprint density at radius 3 is 1.13 bits per heavy atom. The van der Waals surface area contributed by atoms with Crippen LogP contribution >= 0.6 is 31.9 Å². The van der Waals surface area contributed by atoms with Crippen LogP contribution in [-0.4, -0.2) is 147 Å². The van der Waals surface area contributed by atoms with E-state index in [0.717, 1.165) is 75.1 Å². The van der Waals surface area contributed by atoms with Crippen LogP contribution in [0, 0.1) is 0 Å². The average molecular weight is 1680 g/mol. The molecule has 14 rings (SSSR count). The Labute approximate surface area is 687 Å². The van der Waals surface area contributed by atoms with Crippen LogP contribution in [0.4, 0.5) is 19.2 Å². The van der Waals surface area contributed by atoms with Gasteiger partial charge >= 0.3 is 53.2 Å². The first-order valence-electron chi connectivity index (χ1n) is 37.6. The van der Waals surface area contributed by atoms with Gasteiger partial charge in [-0.1, -0.05) is 76.6 Å². The normalized spacial score (nSPS) is 16.3. The van der Waals surface area contributed by atoms with E-state index in [2.05, 4.69) is 46.8 Å². The molecule has 0 aliphatic carbocycles. The quantitative estimate of drug-likeness (QED) is 0.0923. The molecule has 3 aliphatic rings. The lowest BCUT2D eigenvalue weighted by Gasteiger charge is -2.32. The van der Waals surface area contributed by atoms with E-state index in [1.807, 2.05) is 285 Å². The molecule has 0 atom stereocenters. The number of ether oxygens (including phenoxy) is 4. The van der Waals surface area contributed by atoms with Gasteiger partial charge < -0.3 is 56.6 Å². The summed E-state index contributed by atoms with van der Waals surface area (Å²) in [5, 5.41) is 12.7. The molecular weight excluding hydrogens is 1580 g/mol. The second-order valence-electron chi connectivity index (χ2n) is 34.4.